The molecule has 7 heteroatoms. The molecule has 20 heavy (non-hydrogen) atoms. The highest BCUT2D eigenvalue weighted by Crippen LogP contribution is 2.18. The first-order valence-electron chi connectivity index (χ1n) is 7.12. The van der Waals surface area contributed by atoms with Gasteiger partial charge in [0, 0.05) is 25.8 Å². The van der Waals surface area contributed by atoms with E-state index in [0.717, 1.165) is 25.8 Å². The van der Waals surface area contributed by atoms with Gasteiger partial charge in [0.15, 0.2) is 0 Å². The second kappa shape index (κ2) is 7.75. The molecule has 1 aromatic heterocycles. The van der Waals surface area contributed by atoms with Gasteiger partial charge < -0.3 is 5.32 Å². The Labute approximate surface area is 122 Å². The van der Waals surface area contributed by atoms with Gasteiger partial charge in [-0.3, -0.25) is 4.68 Å². The summed E-state index contributed by atoms with van der Waals surface area (Å²) in [6, 6.07) is 0.0349. The molecule has 0 aliphatic carbocycles. The Morgan fingerprint density at radius 3 is 2.60 bits per heavy atom. The van der Waals surface area contributed by atoms with Gasteiger partial charge in [0.05, 0.1) is 6.20 Å². The Morgan fingerprint density at radius 2 is 2.05 bits per heavy atom. The first-order chi connectivity index (χ1) is 9.47. The van der Waals surface area contributed by atoms with Crippen molar-refractivity contribution >= 4 is 10.0 Å². The molecule has 0 aromatic carbocycles. The third kappa shape index (κ3) is 4.04. The highest BCUT2D eigenvalue weighted by atomic mass is 32.2. The molecule has 0 unspecified atom stereocenters. The van der Waals surface area contributed by atoms with Crippen LogP contribution < -0.4 is 5.32 Å². The number of hydrogen-bond acceptors (Lipinski definition) is 4. The van der Waals surface area contributed by atoms with E-state index in [1.54, 1.807) is 17.9 Å². The van der Waals surface area contributed by atoms with Crippen molar-refractivity contribution in [1.82, 2.24) is 19.4 Å². The Hall–Kier alpha value is -0.920. The van der Waals surface area contributed by atoms with Crippen molar-refractivity contribution < 1.29 is 8.42 Å². The zero-order valence-electron chi connectivity index (χ0n) is 12.8. The summed E-state index contributed by atoms with van der Waals surface area (Å²) in [5, 5.41) is 7.19. The van der Waals surface area contributed by atoms with E-state index in [2.05, 4.69) is 10.4 Å². The fourth-order valence-electron chi connectivity index (χ4n) is 2.18. The maximum atomic E-state index is 12.5. The van der Waals surface area contributed by atoms with Crippen molar-refractivity contribution in [3.63, 3.8) is 0 Å². The molecule has 116 valence electrons. The topological polar surface area (TPSA) is 67.2 Å². The predicted molar refractivity (Wildman–Crippen MR) is 80.1 cm³/mol. The van der Waals surface area contributed by atoms with Crippen LogP contribution in [0.15, 0.2) is 17.3 Å². The van der Waals surface area contributed by atoms with Gasteiger partial charge in [-0.2, -0.15) is 9.40 Å². The van der Waals surface area contributed by atoms with Crippen LogP contribution >= 0.6 is 0 Å². The number of rotatable bonds is 9. The van der Waals surface area contributed by atoms with E-state index in [1.807, 2.05) is 20.9 Å². The molecule has 0 spiro atoms. The zero-order chi connectivity index (χ0) is 15.2. The SMILES string of the molecule is CCC(CC)N(C)S(=O)(=O)c1cnn(CCCNC)c1. The third-order valence-corrected chi connectivity index (χ3v) is 5.42. The second-order valence-electron chi connectivity index (χ2n) is 4.89. The summed E-state index contributed by atoms with van der Waals surface area (Å²) in [7, 11) is 0.0988. The quantitative estimate of drug-likeness (QED) is 0.698. The van der Waals surface area contributed by atoms with E-state index < -0.39 is 10.0 Å². The molecule has 0 saturated carbocycles. The fraction of sp³-hybridized carbons (Fsp3) is 0.769. The van der Waals surface area contributed by atoms with Crippen LogP contribution in [0.3, 0.4) is 0 Å². The highest BCUT2D eigenvalue weighted by molar-refractivity contribution is 7.89. The molecule has 0 bridgehead atoms. The van der Waals surface area contributed by atoms with E-state index in [4.69, 9.17) is 0 Å². The normalized spacial score (nSPS) is 12.5. The fourth-order valence-corrected chi connectivity index (χ4v) is 3.64. The van der Waals surface area contributed by atoms with Gasteiger partial charge in [-0.1, -0.05) is 13.8 Å². The first-order valence-corrected chi connectivity index (χ1v) is 8.56. The lowest BCUT2D eigenvalue weighted by Crippen LogP contribution is -2.36. The summed E-state index contributed by atoms with van der Waals surface area (Å²) in [6.07, 6.45) is 5.59. The number of nitrogens with one attached hydrogen (secondary N) is 1. The third-order valence-electron chi connectivity index (χ3n) is 3.56. The molecule has 0 atom stereocenters. The summed E-state index contributed by atoms with van der Waals surface area (Å²) in [4.78, 5) is 0.274. The molecule has 6 nitrogen and oxygen atoms in total. The maximum Gasteiger partial charge on any atom is 0.246 e. The van der Waals surface area contributed by atoms with Crippen molar-refractivity contribution in [2.45, 2.75) is 50.6 Å². The minimum atomic E-state index is -3.44. The monoisotopic (exact) mass is 302 g/mol. The predicted octanol–water partition coefficient (Wildman–Crippen LogP) is 1.30. The Bertz CT molecular complexity index is 494. The Balaban J connectivity index is 2.82. The summed E-state index contributed by atoms with van der Waals surface area (Å²) in [6.45, 7) is 5.60. The molecule has 0 radical (unpaired) electrons. The van der Waals surface area contributed by atoms with Gasteiger partial charge in [-0.05, 0) is 32.9 Å². The van der Waals surface area contributed by atoms with E-state index in [0.29, 0.717) is 6.54 Å². The minimum Gasteiger partial charge on any atom is -0.320 e. The molecule has 0 saturated heterocycles. The summed E-state index contributed by atoms with van der Waals surface area (Å²) in [5.74, 6) is 0. The van der Waals surface area contributed by atoms with Crippen molar-refractivity contribution in [1.29, 1.82) is 0 Å². The molecular formula is C13H26N4O2S. The smallest absolute Gasteiger partial charge is 0.246 e. The molecule has 0 aliphatic heterocycles. The van der Waals surface area contributed by atoms with E-state index >= 15 is 0 Å². The van der Waals surface area contributed by atoms with Crippen LogP contribution in [0.2, 0.25) is 0 Å². The van der Waals surface area contributed by atoms with E-state index in [-0.39, 0.29) is 10.9 Å². The second-order valence-corrected chi connectivity index (χ2v) is 6.89. The first kappa shape index (κ1) is 17.1. The maximum absolute atomic E-state index is 12.5. The van der Waals surface area contributed by atoms with Crippen LogP contribution in [0.25, 0.3) is 0 Å². The van der Waals surface area contributed by atoms with E-state index in [1.165, 1.54) is 10.5 Å². The number of aryl methyl sites for hydroxylation is 1. The highest BCUT2D eigenvalue weighted by Gasteiger charge is 2.27. The van der Waals surface area contributed by atoms with Gasteiger partial charge in [-0.25, -0.2) is 8.42 Å². The van der Waals surface area contributed by atoms with Crippen LogP contribution in [-0.2, 0) is 16.6 Å². The molecule has 0 aliphatic rings. The Morgan fingerprint density at radius 1 is 1.40 bits per heavy atom. The average Bonchev–Trinajstić information content (AvgIpc) is 2.90. The largest absolute Gasteiger partial charge is 0.320 e. The lowest BCUT2D eigenvalue weighted by atomic mass is 10.2. The standard InChI is InChI=1S/C13H26N4O2S/c1-5-12(6-2)16(4)20(18,19)13-10-15-17(11-13)9-7-8-14-3/h10-12,14H,5-9H2,1-4H3. The van der Waals surface area contributed by atoms with Gasteiger partial charge in [0.25, 0.3) is 0 Å². The van der Waals surface area contributed by atoms with Crippen molar-refractivity contribution in [2.24, 2.45) is 0 Å². The van der Waals surface area contributed by atoms with Crippen LogP contribution in [0, 0.1) is 0 Å². The lowest BCUT2D eigenvalue weighted by molar-refractivity contribution is 0.349. The minimum absolute atomic E-state index is 0.0349. The van der Waals surface area contributed by atoms with Crippen LogP contribution in [0.4, 0.5) is 0 Å². The number of aromatic nitrogens is 2. The van der Waals surface area contributed by atoms with Crippen molar-refractivity contribution in [2.75, 3.05) is 20.6 Å². The molecule has 1 heterocycles. The zero-order valence-corrected chi connectivity index (χ0v) is 13.7. The number of nitrogens with zero attached hydrogens (tertiary/aromatic N) is 3. The van der Waals surface area contributed by atoms with Crippen LogP contribution in [-0.4, -0.2) is 49.2 Å². The Kier molecular flexibility index (Phi) is 6.64. The molecular weight excluding hydrogens is 276 g/mol. The summed E-state index contributed by atoms with van der Waals surface area (Å²) >= 11 is 0. The van der Waals surface area contributed by atoms with Gasteiger partial charge in [0.2, 0.25) is 10.0 Å². The lowest BCUT2D eigenvalue weighted by Gasteiger charge is -2.24. The molecule has 1 aromatic rings. The van der Waals surface area contributed by atoms with Gasteiger partial charge in [0.1, 0.15) is 4.90 Å². The van der Waals surface area contributed by atoms with Crippen LogP contribution in [0.1, 0.15) is 33.1 Å². The van der Waals surface area contributed by atoms with Crippen molar-refractivity contribution in [3.8, 4) is 0 Å². The molecule has 1 rings (SSSR count). The summed E-state index contributed by atoms with van der Waals surface area (Å²) < 4.78 is 28.1. The van der Waals surface area contributed by atoms with Crippen molar-refractivity contribution in [3.05, 3.63) is 12.4 Å². The molecule has 1 N–H and O–H groups in total. The van der Waals surface area contributed by atoms with Gasteiger partial charge >= 0.3 is 0 Å². The molecule has 0 fully saturated rings. The number of hydrogen-bond donors (Lipinski definition) is 1. The van der Waals surface area contributed by atoms with E-state index in [9.17, 15) is 8.42 Å². The van der Waals surface area contributed by atoms with Gasteiger partial charge in [-0.15, -0.1) is 0 Å². The molecule has 0 amide bonds. The average molecular weight is 302 g/mol. The van der Waals surface area contributed by atoms with Crippen LogP contribution in [0.5, 0.6) is 0 Å². The number of sulfonamides is 1. The summed E-state index contributed by atoms with van der Waals surface area (Å²) in [5.41, 5.74) is 0.